The van der Waals surface area contributed by atoms with Crippen molar-refractivity contribution >= 4 is 0 Å². The Morgan fingerprint density at radius 2 is 1.71 bits per heavy atom. The van der Waals surface area contributed by atoms with E-state index in [9.17, 15) is 5.11 Å². The zero-order valence-corrected chi connectivity index (χ0v) is 12.9. The van der Waals surface area contributed by atoms with Crippen LogP contribution in [-0.2, 0) is 5.41 Å². The zero-order valence-electron chi connectivity index (χ0n) is 12.9. The van der Waals surface area contributed by atoms with Crippen LogP contribution in [0.4, 0.5) is 0 Å². The maximum absolute atomic E-state index is 10.9. The summed E-state index contributed by atoms with van der Waals surface area (Å²) in [5, 5.41) is 10.9. The van der Waals surface area contributed by atoms with E-state index in [-0.39, 0.29) is 5.41 Å². The summed E-state index contributed by atoms with van der Waals surface area (Å²) in [4.78, 5) is 0. The molecule has 1 heteroatoms. The van der Waals surface area contributed by atoms with Gasteiger partial charge in [0.25, 0.3) is 0 Å². The van der Waals surface area contributed by atoms with Gasteiger partial charge in [0.05, 0.1) is 6.10 Å². The van der Waals surface area contributed by atoms with Gasteiger partial charge in [0.1, 0.15) is 0 Å². The number of rotatable bonds is 4. The second kappa shape index (κ2) is 5.65. The Kier molecular flexibility index (Phi) is 3.86. The molecule has 1 saturated carbocycles. The fourth-order valence-corrected chi connectivity index (χ4v) is 3.17. The Morgan fingerprint density at radius 1 is 1.00 bits per heavy atom. The molecule has 0 amide bonds. The molecule has 3 rings (SSSR count). The lowest BCUT2D eigenvalue weighted by Gasteiger charge is -2.33. The number of hydrogen-bond acceptors (Lipinski definition) is 1. The smallest absolute Gasteiger partial charge is 0.0881 e. The van der Waals surface area contributed by atoms with Gasteiger partial charge in [0.2, 0.25) is 0 Å². The summed E-state index contributed by atoms with van der Waals surface area (Å²) in [5.41, 5.74) is 3.31. The number of aliphatic hydroxyl groups is 1. The molecular weight excluding hydrogens is 256 g/mol. The molecule has 2 aromatic rings. The summed E-state index contributed by atoms with van der Waals surface area (Å²) in [6, 6.07) is 18.8. The van der Waals surface area contributed by atoms with Gasteiger partial charge in [-0.3, -0.25) is 0 Å². The van der Waals surface area contributed by atoms with Gasteiger partial charge >= 0.3 is 0 Å². The molecule has 0 aromatic heterocycles. The lowest BCUT2D eigenvalue weighted by molar-refractivity contribution is 0.100. The molecule has 1 aliphatic rings. The minimum atomic E-state index is -0.486. The van der Waals surface area contributed by atoms with Crippen molar-refractivity contribution in [2.24, 2.45) is 0 Å². The molecule has 0 radical (unpaired) electrons. The van der Waals surface area contributed by atoms with Crippen LogP contribution >= 0.6 is 0 Å². The first-order chi connectivity index (χ1) is 10.1. The molecule has 0 saturated heterocycles. The standard InChI is InChI=1S/C20H24O/c1-20(2,18-12-4-3-5-13-18)19(21)17-11-7-10-16(14-17)15-8-6-9-15/h3-5,7,10-15,19,21H,6,8-9H2,1-2H3. The summed E-state index contributed by atoms with van der Waals surface area (Å²) in [6.07, 6.45) is 3.44. The SMILES string of the molecule is CC(C)(c1ccccc1)C(O)c1cccc(C2CCC2)c1. The Morgan fingerprint density at radius 3 is 2.33 bits per heavy atom. The van der Waals surface area contributed by atoms with Crippen LogP contribution in [0.15, 0.2) is 54.6 Å². The highest BCUT2D eigenvalue weighted by Crippen LogP contribution is 2.40. The molecule has 2 aromatic carbocycles. The number of aliphatic hydroxyl groups excluding tert-OH is 1. The highest BCUT2D eigenvalue weighted by molar-refractivity contribution is 5.34. The molecule has 1 nitrogen and oxygen atoms in total. The van der Waals surface area contributed by atoms with Crippen molar-refractivity contribution in [3.63, 3.8) is 0 Å². The van der Waals surface area contributed by atoms with Crippen molar-refractivity contribution in [1.29, 1.82) is 0 Å². The van der Waals surface area contributed by atoms with Crippen LogP contribution in [0, 0.1) is 0 Å². The van der Waals surface area contributed by atoms with E-state index >= 15 is 0 Å². The average Bonchev–Trinajstić information content (AvgIpc) is 2.46. The molecule has 0 bridgehead atoms. The van der Waals surface area contributed by atoms with Crippen molar-refractivity contribution in [1.82, 2.24) is 0 Å². The van der Waals surface area contributed by atoms with Crippen LogP contribution in [0.25, 0.3) is 0 Å². The quantitative estimate of drug-likeness (QED) is 0.838. The third-order valence-corrected chi connectivity index (χ3v) is 5.00. The highest BCUT2D eigenvalue weighted by Gasteiger charge is 2.31. The zero-order chi connectivity index (χ0) is 14.9. The molecule has 1 N–H and O–H groups in total. The van der Waals surface area contributed by atoms with Gasteiger partial charge in [-0.1, -0.05) is 74.9 Å². The Labute approximate surface area is 127 Å². The predicted octanol–water partition coefficient (Wildman–Crippen LogP) is 4.97. The Balaban J connectivity index is 1.88. The fraction of sp³-hybridized carbons (Fsp3) is 0.400. The van der Waals surface area contributed by atoms with Crippen LogP contribution in [0.5, 0.6) is 0 Å². The van der Waals surface area contributed by atoms with E-state index in [0.717, 1.165) is 5.56 Å². The third-order valence-electron chi connectivity index (χ3n) is 5.00. The molecule has 0 heterocycles. The maximum Gasteiger partial charge on any atom is 0.0881 e. The van der Waals surface area contributed by atoms with Crippen molar-refractivity contribution in [3.8, 4) is 0 Å². The first kappa shape index (κ1) is 14.3. The summed E-state index contributed by atoms with van der Waals surface area (Å²) in [5.74, 6) is 0.706. The second-order valence-corrected chi connectivity index (χ2v) is 6.79. The molecule has 110 valence electrons. The number of hydrogen-bond donors (Lipinski definition) is 1. The summed E-state index contributed by atoms with van der Waals surface area (Å²) in [6.45, 7) is 4.23. The molecule has 0 aliphatic heterocycles. The maximum atomic E-state index is 10.9. The van der Waals surface area contributed by atoms with Crippen LogP contribution < -0.4 is 0 Å². The van der Waals surface area contributed by atoms with Gasteiger partial charge in [-0.15, -0.1) is 0 Å². The first-order valence-corrected chi connectivity index (χ1v) is 7.92. The molecule has 1 aliphatic carbocycles. The van der Waals surface area contributed by atoms with E-state index in [1.165, 1.54) is 30.4 Å². The van der Waals surface area contributed by atoms with E-state index < -0.39 is 6.10 Å². The van der Waals surface area contributed by atoms with E-state index in [4.69, 9.17) is 0 Å². The monoisotopic (exact) mass is 280 g/mol. The average molecular weight is 280 g/mol. The highest BCUT2D eigenvalue weighted by atomic mass is 16.3. The molecule has 1 fully saturated rings. The molecule has 0 spiro atoms. The lowest BCUT2D eigenvalue weighted by atomic mass is 9.75. The molecule has 21 heavy (non-hydrogen) atoms. The van der Waals surface area contributed by atoms with Gasteiger partial charge in [-0.25, -0.2) is 0 Å². The topological polar surface area (TPSA) is 20.2 Å². The van der Waals surface area contributed by atoms with Crippen molar-refractivity contribution < 1.29 is 5.11 Å². The van der Waals surface area contributed by atoms with Crippen LogP contribution in [-0.4, -0.2) is 5.11 Å². The largest absolute Gasteiger partial charge is 0.388 e. The first-order valence-electron chi connectivity index (χ1n) is 7.92. The van der Waals surface area contributed by atoms with Crippen LogP contribution in [0.3, 0.4) is 0 Å². The summed E-state index contributed by atoms with van der Waals surface area (Å²) in [7, 11) is 0. The van der Waals surface area contributed by atoms with Gasteiger partial charge in [0.15, 0.2) is 0 Å². The molecule has 1 unspecified atom stereocenters. The van der Waals surface area contributed by atoms with E-state index in [0.29, 0.717) is 5.92 Å². The minimum absolute atomic E-state index is 0.292. The third kappa shape index (κ3) is 2.75. The van der Waals surface area contributed by atoms with Gasteiger partial charge < -0.3 is 5.11 Å². The van der Waals surface area contributed by atoms with Gasteiger partial charge in [0, 0.05) is 5.41 Å². The summed E-state index contributed by atoms with van der Waals surface area (Å²) < 4.78 is 0. The van der Waals surface area contributed by atoms with Crippen LogP contribution in [0.1, 0.15) is 61.8 Å². The molecular formula is C20H24O. The van der Waals surface area contributed by atoms with Crippen molar-refractivity contribution in [3.05, 3.63) is 71.3 Å². The number of benzene rings is 2. The summed E-state index contributed by atoms with van der Waals surface area (Å²) >= 11 is 0. The minimum Gasteiger partial charge on any atom is -0.388 e. The normalized spacial score (nSPS) is 17.3. The Hall–Kier alpha value is -1.60. The van der Waals surface area contributed by atoms with Gasteiger partial charge in [-0.05, 0) is 35.4 Å². The predicted molar refractivity (Wildman–Crippen MR) is 87.5 cm³/mol. The van der Waals surface area contributed by atoms with Crippen molar-refractivity contribution in [2.45, 2.75) is 50.5 Å². The second-order valence-electron chi connectivity index (χ2n) is 6.79. The van der Waals surface area contributed by atoms with E-state index in [2.05, 4.69) is 50.2 Å². The fourth-order valence-electron chi connectivity index (χ4n) is 3.17. The van der Waals surface area contributed by atoms with Gasteiger partial charge in [-0.2, -0.15) is 0 Å². The van der Waals surface area contributed by atoms with Crippen LogP contribution in [0.2, 0.25) is 0 Å². The molecule has 1 atom stereocenters. The van der Waals surface area contributed by atoms with E-state index in [1.54, 1.807) is 0 Å². The van der Waals surface area contributed by atoms with E-state index in [1.807, 2.05) is 18.2 Å². The Bertz CT molecular complexity index is 596. The van der Waals surface area contributed by atoms with Crippen molar-refractivity contribution in [2.75, 3.05) is 0 Å². The lowest BCUT2D eigenvalue weighted by Crippen LogP contribution is -2.27.